The van der Waals surface area contributed by atoms with E-state index in [1.54, 1.807) is 60.8 Å². The number of hydrogen-bond acceptors (Lipinski definition) is 7. The summed E-state index contributed by atoms with van der Waals surface area (Å²) >= 11 is 0. The van der Waals surface area contributed by atoms with E-state index in [0.717, 1.165) is 58.0 Å². The van der Waals surface area contributed by atoms with Gasteiger partial charge in [-0.15, -0.1) is 0 Å². The zero-order valence-corrected chi connectivity index (χ0v) is 26.8. The molecule has 0 unspecified atom stereocenters. The first-order chi connectivity index (χ1) is 23.6. The largest absolute Gasteiger partial charge is 0.394 e. The fraction of sp³-hybridized carbons (Fsp3) is 0.243. The van der Waals surface area contributed by atoms with Crippen molar-refractivity contribution in [3.8, 4) is 44.8 Å². The molecular weight excluding hydrogens is 614 g/mol. The first-order valence-corrected chi connectivity index (χ1v) is 15.7. The highest BCUT2D eigenvalue weighted by Crippen LogP contribution is 2.32. The molecule has 0 amide bonds. The van der Waals surface area contributed by atoms with Crippen LogP contribution in [-0.4, -0.2) is 68.2 Å². The van der Waals surface area contributed by atoms with Gasteiger partial charge in [0.2, 0.25) is 0 Å². The second-order valence-electron chi connectivity index (χ2n) is 10.8. The molecule has 248 valence electrons. The van der Waals surface area contributed by atoms with Crippen LogP contribution < -0.4 is 0 Å². The topological polar surface area (TPSA) is 100 Å². The standard InChI is InChI=1S/C17H16FN3O.C16H14FN3O.C4H8O/c1-22-11-10-21-12-16(13-6-8-19-9-7-13)17(20-21)14-2-4-15(18)5-3-14;17-14-3-1-13(2-4-14)16-15(11-20(19-16)9-10-21)12-5-7-18-8-6-12;1-2-4-5-3-1/h2-9,12H,10-11H2,1H3;1-8,11,21H,9-10H2;1-4H2. The van der Waals surface area contributed by atoms with Gasteiger partial charge in [-0.05, 0) is 96.8 Å². The van der Waals surface area contributed by atoms with Crippen molar-refractivity contribution in [3.63, 3.8) is 0 Å². The van der Waals surface area contributed by atoms with E-state index in [1.807, 2.05) is 41.3 Å². The molecular formula is C37H38F2N6O3. The number of nitrogens with zero attached hydrogens (tertiary/aromatic N) is 6. The van der Waals surface area contributed by atoms with Gasteiger partial charge in [0.05, 0.1) is 26.3 Å². The second-order valence-corrected chi connectivity index (χ2v) is 10.8. The molecule has 1 saturated heterocycles. The molecule has 0 saturated carbocycles. The molecule has 9 nitrogen and oxygen atoms in total. The van der Waals surface area contributed by atoms with Crippen molar-refractivity contribution in [2.45, 2.75) is 25.9 Å². The first-order valence-electron chi connectivity index (χ1n) is 15.7. The van der Waals surface area contributed by atoms with Gasteiger partial charge in [0.15, 0.2) is 0 Å². The predicted octanol–water partition coefficient (Wildman–Crippen LogP) is 6.94. The van der Waals surface area contributed by atoms with E-state index in [4.69, 9.17) is 14.6 Å². The normalized spacial score (nSPS) is 12.2. The third-order valence-corrected chi connectivity index (χ3v) is 7.42. The van der Waals surface area contributed by atoms with Crippen molar-refractivity contribution in [2.24, 2.45) is 0 Å². The Hall–Kier alpha value is -5.10. The highest BCUT2D eigenvalue weighted by molar-refractivity contribution is 5.81. The monoisotopic (exact) mass is 652 g/mol. The molecule has 4 aromatic heterocycles. The summed E-state index contributed by atoms with van der Waals surface area (Å²) in [6.07, 6.45) is 13.3. The number of rotatable bonds is 9. The Morgan fingerprint density at radius 2 is 1.08 bits per heavy atom. The summed E-state index contributed by atoms with van der Waals surface area (Å²) in [6.45, 7) is 3.68. The molecule has 11 heteroatoms. The van der Waals surface area contributed by atoms with Crippen molar-refractivity contribution in [3.05, 3.63) is 122 Å². The fourth-order valence-corrected chi connectivity index (χ4v) is 5.00. The van der Waals surface area contributed by atoms with Gasteiger partial charge in [0, 0.05) is 79.8 Å². The maximum absolute atomic E-state index is 13.1. The third kappa shape index (κ3) is 9.47. The average molecular weight is 653 g/mol. The number of benzene rings is 2. The minimum Gasteiger partial charge on any atom is -0.394 e. The summed E-state index contributed by atoms with van der Waals surface area (Å²) < 4.78 is 39.8. The molecule has 2 aromatic carbocycles. The summed E-state index contributed by atoms with van der Waals surface area (Å²) in [5, 5.41) is 18.2. The van der Waals surface area contributed by atoms with E-state index in [-0.39, 0.29) is 18.2 Å². The van der Waals surface area contributed by atoms with Crippen LogP contribution in [0.4, 0.5) is 8.78 Å². The summed E-state index contributed by atoms with van der Waals surface area (Å²) in [7, 11) is 1.66. The lowest BCUT2D eigenvalue weighted by Crippen LogP contribution is -2.04. The number of aromatic nitrogens is 6. The van der Waals surface area contributed by atoms with Gasteiger partial charge in [-0.2, -0.15) is 10.2 Å². The Bertz CT molecular complexity index is 1800. The van der Waals surface area contributed by atoms with Crippen molar-refractivity contribution >= 4 is 0 Å². The highest BCUT2D eigenvalue weighted by atomic mass is 19.1. The van der Waals surface area contributed by atoms with Crippen molar-refractivity contribution < 1.29 is 23.4 Å². The molecule has 0 radical (unpaired) electrons. The molecule has 1 N–H and O–H groups in total. The summed E-state index contributed by atoms with van der Waals surface area (Å²) in [5.41, 5.74) is 7.22. The van der Waals surface area contributed by atoms with Crippen LogP contribution in [0, 0.1) is 11.6 Å². The van der Waals surface area contributed by atoms with Gasteiger partial charge >= 0.3 is 0 Å². The van der Waals surface area contributed by atoms with Crippen LogP contribution in [0.1, 0.15) is 12.8 Å². The zero-order valence-electron chi connectivity index (χ0n) is 26.8. The van der Waals surface area contributed by atoms with Crippen LogP contribution in [0.25, 0.3) is 44.8 Å². The Kier molecular flexibility index (Phi) is 12.6. The SMILES string of the molecule is C1CCOC1.COCCn1cc(-c2ccncc2)c(-c2ccc(F)cc2)n1.OCCn1cc(-c2ccncc2)c(-c2ccc(F)cc2)n1. The van der Waals surface area contributed by atoms with Crippen LogP contribution in [0.15, 0.2) is 110 Å². The molecule has 5 heterocycles. The van der Waals surface area contributed by atoms with E-state index >= 15 is 0 Å². The van der Waals surface area contributed by atoms with Crippen LogP contribution in [0.2, 0.25) is 0 Å². The lowest BCUT2D eigenvalue weighted by molar-refractivity contribution is 0.183. The lowest BCUT2D eigenvalue weighted by Gasteiger charge is -2.02. The molecule has 7 rings (SSSR count). The minimum absolute atomic E-state index is 0.0142. The summed E-state index contributed by atoms with van der Waals surface area (Å²) in [5.74, 6) is -0.535. The van der Waals surface area contributed by atoms with Gasteiger partial charge in [-0.1, -0.05) is 0 Å². The van der Waals surface area contributed by atoms with Gasteiger partial charge in [0.25, 0.3) is 0 Å². The summed E-state index contributed by atoms with van der Waals surface area (Å²) in [6, 6.07) is 20.3. The number of pyridine rings is 2. The van der Waals surface area contributed by atoms with Crippen LogP contribution >= 0.6 is 0 Å². The Morgan fingerprint density at radius 1 is 0.646 bits per heavy atom. The van der Waals surface area contributed by atoms with Crippen LogP contribution in [-0.2, 0) is 22.6 Å². The number of aliphatic hydroxyl groups excluding tert-OH is 1. The van der Waals surface area contributed by atoms with Crippen molar-refractivity contribution in [1.29, 1.82) is 0 Å². The average Bonchev–Trinajstić information content (AvgIpc) is 3.93. The summed E-state index contributed by atoms with van der Waals surface area (Å²) in [4.78, 5) is 8.06. The second kappa shape index (κ2) is 17.7. The molecule has 48 heavy (non-hydrogen) atoms. The number of hydrogen-bond donors (Lipinski definition) is 1. The smallest absolute Gasteiger partial charge is 0.123 e. The maximum Gasteiger partial charge on any atom is 0.123 e. The molecule has 1 fully saturated rings. The van der Waals surface area contributed by atoms with E-state index in [9.17, 15) is 8.78 Å². The highest BCUT2D eigenvalue weighted by Gasteiger charge is 2.14. The molecule has 0 atom stereocenters. The number of halogens is 2. The first kappa shape index (κ1) is 34.2. The van der Waals surface area contributed by atoms with E-state index < -0.39 is 0 Å². The molecule has 0 spiro atoms. The van der Waals surface area contributed by atoms with Crippen molar-refractivity contribution in [2.75, 3.05) is 33.5 Å². The predicted molar refractivity (Wildman–Crippen MR) is 181 cm³/mol. The fourth-order valence-electron chi connectivity index (χ4n) is 5.00. The lowest BCUT2D eigenvalue weighted by atomic mass is 10.0. The van der Waals surface area contributed by atoms with Gasteiger partial charge < -0.3 is 14.6 Å². The number of ether oxygens (including phenoxy) is 2. The molecule has 0 aliphatic carbocycles. The Morgan fingerprint density at radius 3 is 1.46 bits per heavy atom. The van der Waals surface area contributed by atoms with Crippen LogP contribution in [0.3, 0.4) is 0 Å². The van der Waals surface area contributed by atoms with Gasteiger partial charge in [0.1, 0.15) is 23.0 Å². The number of aliphatic hydroxyl groups is 1. The Labute approximate surface area is 278 Å². The minimum atomic E-state index is -0.279. The van der Waals surface area contributed by atoms with E-state index in [1.165, 1.54) is 37.1 Å². The zero-order chi connectivity index (χ0) is 33.6. The maximum atomic E-state index is 13.1. The van der Waals surface area contributed by atoms with Crippen LogP contribution in [0.5, 0.6) is 0 Å². The molecule has 1 aliphatic heterocycles. The molecule has 0 bridgehead atoms. The van der Waals surface area contributed by atoms with Crippen molar-refractivity contribution in [1.82, 2.24) is 29.5 Å². The van der Waals surface area contributed by atoms with Gasteiger partial charge in [-0.25, -0.2) is 8.78 Å². The quantitative estimate of drug-likeness (QED) is 0.181. The number of methoxy groups -OCH3 is 1. The van der Waals surface area contributed by atoms with E-state index in [0.29, 0.717) is 19.7 Å². The third-order valence-electron chi connectivity index (χ3n) is 7.42. The van der Waals surface area contributed by atoms with Gasteiger partial charge in [-0.3, -0.25) is 19.3 Å². The van der Waals surface area contributed by atoms with E-state index in [2.05, 4.69) is 20.2 Å². The Balaban J connectivity index is 0.000000164. The molecule has 1 aliphatic rings. The molecule has 6 aromatic rings.